The first-order chi connectivity index (χ1) is 8.64. The van der Waals surface area contributed by atoms with E-state index in [1.54, 1.807) is 0 Å². The molecule has 7 nitrogen and oxygen atoms in total. The van der Waals surface area contributed by atoms with Gasteiger partial charge in [0.1, 0.15) is 4.88 Å². The van der Waals surface area contributed by atoms with Crippen LogP contribution in [0.25, 0.3) is 0 Å². The predicted molar refractivity (Wildman–Crippen MR) is 69.2 cm³/mol. The van der Waals surface area contributed by atoms with Crippen molar-refractivity contribution in [3.8, 4) is 0 Å². The van der Waals surface area contributed by atoms with Crippen LogP contribution in [-0.2, 0) is 10.2 Å². The van der Waals surface area contributed by atoms with E-state index in [9.17, 15) is 14.7 Å². The highest BCUT2D eigenvalue weighted by Crippen LogP contribution is 2.25. The molecule has 1 aromatic rings. The number of rotatable bonds is 4. The lowest BCUT2D eigenvalue weighted by atomic mass is 9.91. The van der Waals surface area contributed by atoms with Gasteiger partial charge < -0.3 is 15.5 Å². The molecule has 0 radical (unpaired) electrons. The topological polar surface area (TPSA) is 112 Å². The first-order valence-corrected chi connectivity index (χ1v) is 6.46. The number of carbonyl (C=O) groups excluding carboxylic acids is 1. The van der Waals surface area contributed by atoms with Gasteiger partial charge in [-0.15, -0.1) is 5.10 Å². The fraction of sp³-hybridized carbons (Fsp3) is 0.636. The number of aliphatic hydroxyl groups is 1. The molecular weight excluding hydrogens is 270 g/mol. The minimum absolute atomic E-state index is 0.263. The largest absolute Gasteiger partial charge is 0.480 e. The molecule has 3 N–H and O–H groups in total. The summed E-state index contributed by atoms with van der Waals surface area (Å²) in [5, 5.41) is 24.4. The molecular formula is C11H17N3O4S. The van der Waals surface area contributed by atoms with Gasteiger partial charge in [-0.05, 0) is 18.5 Å². The third-order valence-corrected chi connectivity index (χ3v) is 3.16. The van der Waals surface area contributed by atoms with Crippen molar-refractivity contribution in [1.29, 1.82) is 0 Å². The molecule has 1 aromatic heterocycles. The molecule has 0 saturated heterocycles. The number of aromatic nitrogens is 2. The second-order valence-electron chi connectivity index (χ2n) is 5.23. The summed E-state index contributed by atoms with van der Waals surface area (Å²) in [7, 11) is 0. The summed E-state index contributed by atoms with van der Waals surface area (Å²) in [4.78, 5) is 23.2. The molecule has 1 amide bonds. The first-order valence-electron chi connectivity index (χ1n) is 5.69. The normalized spacial score (nSPS) is 14.8. The van der Waals surface area contributed by atoms with Gasteiger partial charge in [-0.2, -0.15) is 0 Å². The Bertz CT molecular complexity index is 479. The second kappa shape index (κ2) is 5.62. The van der Waals surface area contributed by atoms with Crippen LogP contribution in [0.1, 0.15) is 43.1 Å². The molecule has 0 spiro atoms. The zero-order valence-electron chi connectivity index (χ0n) is 11.2. The van der Waals surface area contributed by atoms with Crippen molar-refractivity contribution in [2.75, 3.05) is 0 Å². The number of aliphatic carboxylic acids is 1. The first kappa shape index (κ1) is 15.5. The molecule has 1 heterocycles. The smallest absolute Gasteiger partial charge is 0.328 e. The van der Waals surface area contributed by atoms with E-state index in [1.807, 2.05) is 20.8 Å². The number of nitrogens with one attached hydrogen (secondary N) is 1. The number of hydrogen-bond donors (Lipinski definition) is 3. The minimum Gasteiger partial charge on any atom is -0.480 e. The fourth-order valence-electron chi connectivity index (χ4n) is 1.43. The van der Waals surface area contributed by atoms with E-state index >= 15 is 0 Å². The van der Waals surface area contributed by atoms with Gasteiger partial charge in [-0.1, -0.05) is 25.3 Å². The maximum Gasteiger partial charge on any atom is 0.328 e. The maximum absolute atomic E-state index is 12.0. The molecule has 0 aliphatic carbocycles. The second-order valence-corrected chi connectivity index (χ2v) is 5.98. The van der Waals surface area contributed by atoms with Gasteiger partial charge in [0.05, 0.1) is 11.8 Å². The van der Waals surface area contributed by atoms with Gasteiger partial charge in [0.25, 0.3) is 5.91 Å². The van der Waals surface area contributed by atoms with Crippen LogP contribution in [0.3, 0.4) is 0 Å². The quantitative estimate of drug-likeness (QED) is 0.739. The zero-order chi connectivity index (χ0) is 14.8. The number of carbonyl (C=O) groups is 2. The summed E-state index contributed by atoms with van der Waals surface area (Å²) in [6.45, 7) is 6.94. The predicted octanol–water partition coefficient (Wildman–Crippen LogP) is 0.399. The van der Waals surface area contributed by atoms with Crippen LogP contribution in [0.4, 0.5) is 0 Å². The Morgan fingerprint density at radius 1 is 1.37 bits per heavy atom. The molecule has 0 aliphatic heterocycles. The van der Waals surface area contributed by atoms with Crippen molar-refractivity contribution in [3.63, 3.8) is 0 Å². The van der Waals surface area contributed by atoms with Crippen LogP contribution in [0.2, 0.25) is 0 Å². The lowest BCUT2D eigenvalue weighted by Gasteiger charge is -2.19. The van der Waals surface area contributed by atoms with E-state index in [1.165, 1.54) is 6.92 Å². The van der Waals surface area contributed by atoms with Crippen molar-refractivity contribution >= 4 is 23.4 Å². The SMILES string of the molecule is C[C@@H](O)[C@H](NC(=O)c1snnc1C(C)(C)C)C(=O)O. The van der Waals surface area contributed by atoms with Gasteiger partial charge in [0.15, 0.2) is 6.04 Å². The molecule has 8 heteroatoms. The Balaban J connectivity index is 2.96. The minimum atomic E-state index is -1.36. The molecule has 106 valence electrons. The average Bonchev–Trinajstić information content (AvgIpc) is 2.72. The summed E-state index contributed by atoms with van der Waals surface area (Å²) in [6.07, 6.45) is -1.19. The summed E-state index contributed by atoms with van der Waals surface area (Å²) in [6, 6.07) is -1.36. The van der Waals surface area contributed by atoms with E-state index < -0.39 is 24.0 Å². The van der Waals surface area contributed by atoms with Crippen molar-refractivity contribution in [2.45, 2.75) is 45.3 Å². The Morgan fingerprint density at radius 3 is 2.37 bits per heavy atom. The van der Waals surface area contributed by atoms with Crippen LogP contribution in [0, 0.1) is 0 Å². The van der Waals surface area contributed by atoms with Gasteiger partial charge in [0.2, 0.25) is 0 Å². The van der Waals surface area contributed by atoms with Crippen molar-refractivity contribution in [3.05, 3.63) is 10.6 Å². The molecule has 0 saturated carbocycles. The van der Waals surface area contributed by atoms with Crippen LogP contribution in [0.15, 0.2) is 0 Å². The summed E-state index contributed by atoms with van der Waals surface area (Å²) in [5.74, 6) is -1.88. The van der Waals surface area contributed by atoms with Gasteiger partial charge in [-0.25, -0.2) is 4.79 Å². The van der Waals surface area contributed by atoms with Gasteiger partial charge in [0, 0.05) is 5.41 Å². The molecule has 0 aliphatic rings. The van der Waals surface area contributed by atoms with E-state index in [4.69, 9.17) is 5.11 Å². The van der Waals surface area contributed by atoms with Crippen molar-refractivity contribution in [1.82, 2.24) is 14.9 Å². The fourth-order valence-corrected chi connectivity index (χ4v) is 2.21. The number of amides is 1. The Morgan fingerprint density at radius 2 is 1.95 bits per heavy atom. The van der Waals surface area contributed by atoms with Crippen LogP contribution in [-0.4, -0.2) is 43.8 Å². The number of nitrogens with zero attached hydrogens (tertiary/aromatic N) is 2. The molecule has 1 rings (SSSR count). The Labute approximate surface area is 114 Å². The van der Waals surface area contributed by atoms with Gasteiger partial charge >= 0.3 is 5.97 Å². The Hall–Kier alpha value is -1.54. The molecule has 0 bridgehead atoms. The number of carboxylic acids is 1. The maximum atomic E-state index is 12.0. The van der Waals surface area contributed by atoms with Crippen LogP contribution >= 0.6 is 11.5 Å². The van der Waals surface area contributed by atoms with Crippen LogP contribution < -0.4 is 5.32 Å². The monoisotopic (exact) mass is 287 g/mol. The highest BCUT2D eigenvalue weighted by atomic mass is 32.1. The molecule has 2 atom stereocenters. The number of hydrogen-bond acceptors (Lipinski definition) is 6. The summed E-state index contributed by atoms with van der Waals surface area (Å²) in [5.41, 5.74) is 0.133. The molecule has 19 heavy (non-hydrogen) atoms. The third kappa shape index (κ3) is 3.71. The van der Waals surface area contributed by atoms with Crippen molar-refractivity contribution in [2.24, 2.45) is 0 Å². The van der Waals surface area contributed by atoms with Gasteiger partial charge in [-0.3, -0.25) is 4.79 Å². The van der Waals surface area contributed by atoms with E-state index in [0.717, 1.165) is 11.5 Å². The Kier molecular flexibility index (Phi) is 4.59. The van der Waals surface area contributed by atoms with E-state index in [-0.39, 0.29) is 10.3 Å². The molecule has 0 unspecified atom stereocenters. The van der Waals surface area contributed by atoms with E-state index in [2.05, 4.69) is 14.9 Å². The average molecular weight is 287 g/mol. The zero-order valence-corrected chi connectivity index (χ0v) is 12.0. The summed E-state index contributed by atoms with van der Waals surface area (Å²) >= 11 is 0.902. The highest BCUT2D eigenvalue weighted by molar-refractivity contribution is 7.08. The van der Waals surface area contributed by atoms with Crippen molar-refractivity contribution < 1.29 is 19.8 Å². The summed E-state index contributed by atoms with van der Waals surface area (Å²) < 4.78 is 3.73. The number of carboxylic acid groups (broad SMARTS) is 1. The standard InChI is InChI=1S/C11H17N3O4S/c1-5(15)6(10(17)18)12-9(16)7-8(11(2,3)4)13-14-19-7/h5-6,15H,1-4H3,(H,12,16)(H,17,18)/t5-,6+/m1/s1. The third-order valence-electron chi connectivity index (χ3n) is 2.44. The lowest BCUT2D eigenvalue weighted by molar-refractivity contribution is -0.141. The lowest BCUT2D eigenvalue weighted by Crippen LogP contribution is -2.47. The molecule has 0 aromatic carbocycles. The number of aliphatic hydroxyl groups excluding tert-OH is 1. The van der Waals surface area contributed by atoms with Crippen LogP contribution in [0.5, 0.6) is 0 Å². The molecule has 0 fully saturated rings. The highest BCUT2D eigenvalue weighted by Gasteiger charge is 2.30. The van der Waals surface area contributed by atoms with E-state index in [0.29, 0.717) is 5.69 Å².